The van der Waals surface area contributed by atoms with Gasteiger partial charge in [-0.3, -0.25) is 4.40 Å². The van der Waals surface area contributed by atoms with E-state index in [1.807, 2.05) is 24.5 Å². The zero-order valence-corrected chi connectivity index (χ0v) is 9.45. The Balaban J connectivity index is 2.21. The van der Waals surface area contributed by atoms with Gasteiger partial charge >= 0.3 is 0 Å². The van der Waals surface area contributed by atoms with Crippen LogP contribution in [0.25, 0.3) is 16.9 Å². The van der Waals surface area contributed by atoms with Crippen molar-refractivity contribution >= 4 is 17.0 Å². The highest BCUT2D eigenvalue weighted by atomic mass is 32.1. The number of thiophene rings is 1. The normalized spacial score (nSPS) is 11.1. The van der Waals surface area contributed by atoms with Gasteiger partial charge in [0.25, 0.3) is 0 Å². The first kappa shape index (κ1) is 9.57. The molecule has 80 valence electrons. The van der Waals surface area contributed by atoms with Gasteiger partial charge in [-0.2, -0.15) is 0 Å². The van der Waals surface area contributed by atoms with E-state index in [-0.39, 0.29) is 0 Å². The summed E-state index contributed by atoms with van der Waals surface area (Å²) in [5, 5.41) is 2.14. The van der Waals surface area contributed by atoms with E-state index in [9.17, 15) is 0 Å². The number of nitrogens with zero attached hydrogens (tertiary/aromatic N) is 2. The van der Waals surface area contributed by atoms with Crippen molar-refractivity contribution in [1.82, 2.24) is 9.38 Å². The van der Waals surface area contributed by atoms with Crippen molar-refractivity contribution in [2.75, 3.05) is 0 Å². The van der Waals surface area contributed by atoms with Gasteiger partial charge in [-0.15, -0.1) is 11.3 Å². The SMILES string of the molecule is NCc1cc(-c2cccc3nccn23)cs1. The van der Waals surface area contributed by atoms with Crippen LogP contribution in [0.15, 0.2) is 42.0 Å². The van der Waals surface area contributed by atoms with Gasteiger partial charge in [-0.05, 0) is 18.2 Å². The maximum absolute atomic E-state index is 5.63. The first-order valence-corrected chi connectivity index (χ1v) is 5.96. The summed E-state index contributed by atoms with van der Waals surface area (Å²) in [5.41, 5.74) is 8.96. The summed E-state index contributed by atoms with van der Waals surface area (Å²) in [6, 6.07) is 8.26. The van der Waals surface area contributed by atoms with Gasteiger partial charge < -0.3 is 5.73 Å². The minimum atomic E-state index is 0.602. The van der Waals surface area contributed by atoms with Crippen molar-refractivity contribution in [3.05, 3.63) is 46.9 Å². The second-order valence-corrected chi connectivity index (χ2v) is 4.57. The highest BCUT2D eigenvalue weighted by Gasteiger charge is 2.05. The molecule has 3 nitrogen and oxygen atoms in total. The Labute approximate surface area is 97.2 Å². The molecule has 0 aliphatic rings. The number of hydrogen-bond acceptors (Lipinski definition) is 3. The molecule has 0 fully saturated rings. The van der Waals surface area contributed by atoms with E-state index in [0.717, 1.165) is 11.3 Å². The van der Waals surface area contributed by atoms with E-state index in [4.69, 9.17) is 5.73 Å². The quantitative estimate of drug-likeness (QED) is 0.733. The first-order chi connectivity index (χ1) is 7.88. The smallest absolute Gasteiger partial charge is 0.137 e. The summed E-state index contributed by atoms with van der Waals surface area (Å²) in [4.78, 5) is 5.47. The van der Waals surface area contributed by atoms with Gasteiger partial charge in [0.15, 0.2) is 0 Å². The number of pyridine rings is 1. The standard InChI is InChI=1S/C12H11N3S/c13-7-10-6-9(8-16-10)11-2-1-3-12-14-4-5-15(11)12/h1-6,8H,7,13H2. The van der Waals surface area contributed by atoms with Crippen molar-refractivity contribution in [2.45, 2.75) is 6.54 Å². The molecule has 0 saturated heterocycles. The summed E-state index contributed by atoms with van der Waals surface area (Å²) in [5.74, 6) is 0. The first-order valence-electron chi connectivity index (χ1n) is 5.08. The van der Waals surface area contributed by atoms with Crippen LogP contribution in [0, 0.1) is 0 Å². The Hall–Kier alpha value is -1.65. The number of aromatic nitrogens is 2. The highest BCUT2D eigenvalue weighted by Crippen LogP contribution is 2.25. The molecule has 0 unspecified atom stereocenters. The van der Waals surface area contributed by atoms with Crippen LogP contribution in [0.4, 0.5) is 0 Å². The van der Waals surface area contributed by atoms with E-state index >= 15 is 0 Å². The molecule has 4 heteroatoms. The number of imidazole rings is 1. The van der Waals surface area contributed by atoms with Crippen LogP contribution >= 0.6 is 11.3 Å². The zero-order valence-electron chi connectivity index (χ0n) is 8.63. The predicted molar refractivity (Wildman–Crippen MR) is 66.4 cm³/mol. The second kappa shape index (κ2) is 3.73. The van der Waals surface area contributed by atoms with Gasteiger partial charge in [-0.25, -0.2) is 4.98 Å². The largest absolute Gasteiger partial charge is 0.326 e. The molecule has 3 rings (SSSR count). The third-order valence-corrected chi connectivity index (χ3v) is 3.54. The lowest BCUT2D eigenvalue weighted by Crippen LogP contribution is -1.92. The van der Waals surface area contributed by atoms with Crippen molar-refractivity contribution in [3.8, 4) is 11.3 Å². The fourth-order valence-electron chi connectivity index (χ4n) is 1.80. The second-order valence-electron chi connectivity index (χ2n) is 3.57. The molecule has 3 heterocycles. The Bertz CT molecular complexity index is 624. The summed E-state index contributed by atoms with van der Waals surface area (Å²) in [7, 11) is 0. The Morgan fingerprint density at radius 2 is 2.31 bits per heavy atom. The van der Waals surface area contributed by atoms with Crippen molar-refractivity contribution in [3.63, 3.8) is 0 Å². The fraction of sp³-hybridized carbons (Fsp3) is 0.0833. The molecule has 0 saturated carbocycles. The molecule has 3 aromatic heterocycles. The van der Waals surface area contributed by atoms with Crippen molar-refractivity contribution in [2.24, 2.45) is 5.73 Å². The van der Waals surface area contributed by atoms with Crippen LogP contribution in [0.3, 0.4) is 0 Å². The van der Waals surface area contributed by atoms with Crippen LogP contribution in [-0.2, 0) is 6.54 Å². The van der Waals surface area contributed by atoms with E-state index in [2.05, 4.69) is 26.9 Å². The van der Waals surface area contributed by atoms with Gasteiger partial charge in [0, 0.05) is 34.8 Å². The zero-order chi connectivity index (χ0) is 11.0. The molecular formula is C12H11N3S. The minimum Gasteiger partial charge on any atom is -0.326 e. The van der Waals surface area contributed by atoms with E-state index in [1.54, 1.807) is 11.3 Å². The lowest BCUT2D eigenvalue weighted by molar-refractivity contribution is 1.11. The Morgan fingerprint density at radius 1 is 1.38 bits per heavy atom. The lowest BCUT2D eigenvalue weighted by Gasteiger charge is -2.02. The third kappa shape index (κ3) is 1.43. The van der Waals surface area contributed by atoms with Crippen LogP contribution in [-0.4, -0.2) is 9.38 Å². The molecule has 0 atom stereocenters. The van der Waals surface area contributed by atoms with E-state index in [1.165, 1.54) is 10.4 Å². The number of nitrogens with two attached hydrogens (primary N) is 1. The predicted octanol–water partition coefficient (Wildman–Crippen LogP) is 2.52. The van der Waals surface area contributed by atoms with Crippen LogP contribution in [0.5, 0.6) is 0 Å². The van der Waals surface area contributed by atoms with Crippen molar-refractivity contribution < 1.29 is 0 Å². The maximum Gasteiger partial charge on any atom is 0.137 e. The topological polar surface area (TPSA) is 43.3 Å². The van der Waals surface area contributed by atoms with Crippen molar-refractivity contribution in [1.29, 1.82) is 0 Å². The van der Waals surface area contributed by atoms with Gasteiger partial charge in [0.1, 0.15) is 5.65 Å². The van der Waals surface area contributed by atoms with Crippen LogP contribution in [0.2, 0.25) is 0 Å². The monoisotopic (exact) mass is 229 g/mol. The summed E-state index contributed by atoms with van der Waals surface area (Å²) < 4.78 is 2.09. The molecule has 3 aromatic rings. The Kier molecular flexibility index (Phi) is 2.23. The van der Waals surface area contributed by atoms with E-state index < -0.39 is 0 Å². The average molecular weight is 229 g/mol. The molecule has 2 N–H and O–H groups in total. The molecule has 0 aliphatic heterocycles. The number of fused-ring (bicyclic) bond motifs is 1. The molecule has 0 amide bonds. The summed E-state index contributed by atoms with van der Waals surface area (Å²) in [6.07, 6.45) is 3.79. The van der Waals surface area contributed by atoms with Gasteiger partial charge in [0.05, 0.1) is 5.69 Å². The van der Waals surface area contributed by atoms with Gasteiger partial charge in [-0.1, -0.05) is 6.07 Å². The minimum absolute atomic E-state index is 0.602. The molecule has 0 aromatic carbocycles. The Morgan fingerprint density at radius 3 is 3.12 bits per heavy atom. The molecule has 0 spiro atoms. The third-order valence-electron chi connectivity index (χ3n) is 2.58. The highest BCUT2D eigenvalue weighted by molar-refractivity contribution is 7.10. The van der Waals surface area contributed by atoms with Gasteiger partial charge in [0.2, 0.25) is 0 Å². The molecule has 0 aliphatic carbocycles. The number of rotatable bonds is 2. The number of hydrogen-bond donors (Lipinski definition) is 1. The van der Waals surface area contributed by atoms with Crippen LogP contribution < -0.4 is 5.73 Å². The maximum atomic E-state index is 5.63. The molecular weight excluding hydrogens is 218 g/mol. The van der Waals surface area contributed by atoms with Crippen LogP contribution in [0.1, 0.15) is 4.88 Å². The fourth-order valence-corrected chi connectivity index (χ4v) is 2.56. The van der Waals surface area contributed by atoms with E-state index in [0.29, 0.717) is 6.54 Å². The molecule has 16 heavy (non-hydrogen) atoms. The molecule has 0 bridgehead atoms. The average Bonchev–Trinajstić information content (AvgIpc) is 2.97. The summed E-state index contributed by atoms with van der Waals surface area (Å²) in [6.45, 7) is 0.602. The summed E-state index contributed by atoms with van der Waals surface area (Å²) >= 11 is 1.70. The lowest BCUT2D eigenvalue weighted by atomic mass is 10.2. The molecule has 0 radical (unpaired) electrons.